The lowest BCUT2D eigenvalue weighted by molar-refractivity contribution is 0.168. The predicted octanol–water partition coefficient (Wildman–Crippen LogP) is 1.91. The first-order valence-electron chi connectivity index (χ1n) is 7.61. The Bertz CT molecular complexity index is 772. The molecule has 1 aromatic heterocycles. The molecule has 0 saturated carbocycles. The van der Waals surface area contributed by atoms with Crippen LogP contribution in [0.1, 0.15) is 5.56 Å². The van der Waals surface area contributed by atoms with Gasteiger partial charge in [0.25, 0.3) is 0 Å². The molecule has 0 N–H and O–H groups in total. The van der Waals surface area contributed by atoms with Gasteiger partial charge in [-0.2, -0.15) is 5.26 Å². The number of nitriles is 1. The molecule has 2 heterocycles. The lowest BCUT2D eigenvalue weighted by Crippen LogP contribution is -2.51. The van der Waals surface area contributed by atoms with Crippen LogP contribution >= 0.6 is 0 Å². The number of carbonyl (C=O) groups excluding carboxylic acids is 1. The minimum absolute atomic E-state index is 0.0247. The van der Waals surface area contributed by atoms with Gasteiger partial charge in [0.15, 0.2) is 0 Å². The second kappa shape index (κ2) is 6.13. The van der Waals surface area contributed by atoms with E-state index in [0.717, 1.165) is 10.9 Å². The van der Waals surface area contributed by atoms with Gasteiger partial charge in [0, 0.05) is 45.7 Å². The molecule has 2 amide bonds. The number of hydrogen-bond acceptors (Lipinski definition) is 4. The summed E-state index contributed by atoms with van der Waals surface area (Å²) in [5.74, 6) is 0.711. The van der Waals surface area contributed by atoms with Crippen LogP contribution in [0, 0.1) is 11.3 Å². The van der Waals surface area contributed by atoms with Gasteiger partial charge in [-0.15, -0.1) is 0 Å². The number of carbonyl (C=O) groups is 1. The van der Waals surface area contributed by atoms with Gasteiger partial charge in [0.1, 0.15) is 11.9 Å². The van der Waals surface area contributed by atoms with E-state index in [-0.39, 0.29) is 6.03 Å². The molecule has 0 aliphatic carbocycles. The fraction of sp³-hybridized carbons (Fsp3) is 0.353. The molecule has 3 rings (SSSR count). The number of fused-ring (bicyclic) bond motifs is 1. The van der Waals surface area contributed by atoms with Crippen molar-refractivity contribution in [3.63, 3.8) is 0 Å². The zero-order valence-corrected chi connectivity index (χ0v) is 13.4. The van der Waals surface area contributed by atoms with Gasteiger partial charge in [-0.1, -0.05) is 18.2 Å². The van der Waals surface area contributed by atoms with E-state index in [4.69, 9.17) is 0 Å². The lowest BCUT2D eigenvalue weighted by Gasteiger charge is -2.36. The molecule has 2 aromatic rings. The first-order chi connectivity index (χ1) is 11.1. The standard InChI is InChI=1S/C17H19N5O/c1-20(2)17(23)22-9-7-21(8-10-22)16-14(12-18)11-13-5-3-4-6-15(13)19-16/h3-6,11H,7-10H2,1-2H3. The van der Waals surface area contributed by atoms with Gasteiger partial charge in [-0.05, 0) is 12.1 Å². The van der Waals surface area contributed by atoms with E-state index >= 15 is 0 Å². The third kappa shape index (κ3) is 2.90. The van der Waals surface area contributed by atoms with E-state index in [1.807, 2.05) is 35.2 Å². The fourth-order valence-corrected chi connectivity index (χ4v) is 2.82. The summed E-state index contributed by atoms with van der Waals surface area (Å²) in [6, 6.07) is 11.9. The summed E-state index contributed by atoms with van der Waals surface area (Å²) >= 11 is 0. The third-order valence-electron chi connectivity index (χ3n) is 4.06. The van der Waals surface area contributed by atoms with Crippen LogP contribution in [0.25, 0.3) is 10.9 Å². The SMILES string of the molecule is CN(C)C(=O)N1CCN(c2nc3ccccc3cc2C#N)CC1. The molecule has 0 spiro atoms. The van der Waals surface area contributed by atoms with Crippen molar-refractivity contribution in [3.8, 4) is 6.07 Å². The minimum atomic E-state index is 0.0247. The predicted molar refractivity (Wildman–Crippen MR) is 89.3 cm³/mol. The van der Waals surface area contributed by atoms with Crippen molar-refractivity contribution in [2.75, 3.05) is 45.2 Å². The van der Waals surface area contributed by atoms with Crippen LogP contribution in [-0.4, -0.2) is 61.1 Å². The van der Waals surface area contributed by atoms with Crippen LogP contribution in [0.15, 0.2) is 30.3 Å². The second-order valence-electron chi connectivity index (χ2n) is 5.82. The Morgan fingerprint density at radius 1 is 1.22 bits per heavy atom. The van der Waals surface area contributed by atoms with Crippen LogP contribution in [0.2, 0.25) is 0 Å². The van der Waals surface area contributed by atoms with E-state index in [0.29, 0.717) is 37.6 Å². The maximum Gasteiger partial charge on any atom is 0.319 e. The highest BCUT2D eigenvalue weighted by Crippen LogP contribution is 2.24. The van der Waals surface area contributed by atoms with Crippen molar-refractivity contribution in [3.05, 3.63) is 35.9 Å². The molecule has 6 nitrogen and oxygen atoms in total. The third-order valence-corrected chi connectivity index (χ3v) is 4.06. The average Bonchev–Trinajstić information content (AvgIpc) is 2.60. The molecular weight excluding hydrogens is 290 g/mol. The van der Waals surface area contributed by atoms with Crippen molar-refractivity contribution in [2.24, 2.45) is 0 Å². The molecular formula is C17H19N5O. The van der Waals surface area contributed by atoms with Gasteiger partial charge in [0.2, 0.25) is 0 Å². The zero-order valence-electron chi connectivity index (χ0n) is 13.4. The number of anilines is 1. The van der Waals surface area contributed by atoms with Gasteiger partial charge < -0.3 is 14.7 Å². The van der Waals surface area contributed by atoms with Gasteiger partial charge in [-0.3, -0.25) is 0 Å². The highest BCUT2D eigenvalue weighted by Gasteiger charge is 2.24. The molecule has 1 aliphatic rings. The summed E-state index contributed by atoms with van der Waals surface area (Å²) in [6.45, 7) is 2.63. The first-order valence-corrected chi connectivity index (χ1v) is 7.61. The van der Waals surface area contributed by atoms with Crippen molar-refractivity contribution < 1.29 is 4.79 Å². The highest BCUT2D eigenvalue weighted by atomic mass is 16.2. The number of amides is 2. The van der Waals surface area contributed by atoms with Crippen LogP contribution < -0.4 is 4.90 Å². The van der Waals surface area contributed by atoms with Gasteiger partial charge in [-0.25, -0.2) is 9.78 Å². The summed E-state index contributed by atoms with van der Waals surface area (Å²) in [6.07, 6.45) is 0. The zero-order chi connectivity index (χ0) is 16.4. The molecule has 1 aliphatic heterocycles. The number of rotatable bonds is 1. The first kappa shape index (κ1) is 15.1. The van der Waals surface area contributed by atoms with Crippen LogP contribution in [0.5, 0.6) is 0 Å². The Balaban J connectivity index is 1.84. The largest absolute Gasteiger partial charge is 0.352 e. The van der Waals surface area contributed by atoms with E-state index in [2.05, 4.69) is 16.0 Å². The molecule has 0 bridgehead atoms. The number of para-hydroxylation sites is 1. The van der Waals surface area contributed by atoms with Crippen molar-refractivity contribution in [2.45, 2.75) is 0 Å². The Kier molecular flexibility index (Phi) is 4.02. The summed E-state index contributed by atoms with van der Waals surface area (Å²) in [4.78, 5) is 22.2. The Hall–Kier alpha value is -2.81. The quantitative estimate of drug-likeness (QED) is 0.807. The summed E-state index contributed by atoms with van der Waals surface area (Å²) < 4.78 is 0. The van der Waals surface area contributed by atoms with E-state index in [9.17, 15) is 10.1 Å². The van der Waals surface area contributed by atoms with E-state index < -0.39 is 0 Å². The number of nitrogens with zero attached hydrogens (tertiary/aromatic N) is 5. The van der Waals surface area contributed by atoms with Gasteiger partial charge in [0.05, 0.1) is 11.1 Å². The van der Waals surface area contributed by atoms with Gasteiger partial charge >= 0.3 is 6.03 Å². The highest BCUT2D eigenvalue weighted by molar-refractivity contribution is 5.83. The molecule has 1 saturated heterocycles. The maximum atomic E-state index is 12.0. The van der Waals surface area contributed by atoms with E-state index in [1.54, 1.807) is 19.0 Å². The minimum Gasteiger partial charge on any atom is -0.352 e. The molecule has 0 atom stereocenters. The lowest BCUT2D eigenvalue weighted by atomic mass is 10.1. The Morgan fingerprint density at radius 2 is 1.91 bits per heavy atom. The van der Waals surface area contributed by atoms with Crippen LogP contribution in [-0.2, 0) is 0 Å². The molecule has 1 fully saturated rings. The number of piperazine rings is 1. The van der Waals surface area contributed by atoms with Crippen molar-refractivity contribution in [1.29, 1.82) is 5.26 Å². The normalized spacial score (nSPS) is 14.7. The Morgan fingerprint density at radius 3 is 2.57 bits per heavy atom. The van der Waals surface area contributed by atoms with Crippen LogP contribution in [0.4, 0.5) is 10.6 Å². The monoisotopic (exact) mass is 309 g/mol. The van der Waals surface area contributed by atoms with Crippen molar-refractivity contribution in [1.82, 2.24) is 14.8 Å². The average molecular weight is 309 g/mol. The number of aromatic nitrogens is 1. The summed E-state index contributed by atoms with van der Waals surface area (Å²) in [5, 5.41) is 10.4. The van der Waals surface area contributed by atoms with E-state index in [1.165, 1.54) is 0 Å². The smallest absolute Gasteiger partial charge is 0.319 e. The fourth-order valence-electron chi connectivity index (χ4n) is 2.82. The maximum absolute atomic E-state index is 12.0. The topological polar surface area (TPSA) is 63.5 Å². The van der Waals surface area contributed by atoms with Crippen molar-refractivity contribution >= 4 is 22.8 Å². The number of hydrogen-bond donors (Lipinski definition) is 0. The molecule has 1 aromatic carbocycles. The second-order valence-corrected chi connectivity index (χ2v) is 5.82. The number of pyridine rings is 1. The van der Waals surface area contributed by atoms with Crippen LogP contribution in [0.3, 0.4) is 0 Å². The summed E-state index contributed by atoms with van der Waals surface area (Å²) in [5.41, 5.74) is 1.46. The summed E-state index contributed by atoms with van der Waals surface area (Å²) in [7, 11) is 3.51. The molecule has 0 unspecified atom stereocenters. The molecule has 23 heavy (non-hydrogen) atoms. The molecule has 0 radical (unpaired) electrons. The Labute approximate surface area is 135 Å². The molecule has 118 valence electrons. The number of urea groups is 1. The molecule has 6 heteroatoms. The number of benzene rings is 1.